The van der Waals surface area contributed by atoms with Crippen LogP contribution in [0.4, 0.5) is 0 Å². The highest BCUT2D eigenvalue weighted by atomic mass is 35.5. The summed E-state index contributed by atoms with van der Waals surface area (Å²) in [6.45, 7) is 8.38. The molecule has 2 nitrogen and oxygen atoms in total. The van der Waals surface area contributed by atoms with Crippen LogP contribution >= 0.6 is 11.6 Å². The quantitative estimate of drug-likeness (QED) is 0.535. The molecule has 0 rings (SSSR count). The molecular weight excluding hydrogens is 244 g/mol. The summed E-state index contributed by atoms with van der Waals surface area (Å²) in [5, 5.41) is -0.136. The van der Waals surface area contributed by atoms with Crippen LogP contribution in [0.2, 0.25) is 0 Å². The highest BCUT2D eigenvalue weighted by Gasteiger charge is 2.20. The molecule has 0 aliphatic heterocycles. The molecule has 0 bridgehead atoms. The second-order valence-corrected chi connectivity index (χ2v) is 6.63. The van der Waals surface area contributed by atoms with Crippen LogP contribution in [0.25, 0.3) is 0 Å². The molecule has 5 unspecified atom stereocenters. The van der Waals surface area contributed by atoms with Gasteiger partial charge in [-0.1, -0.05) is 27.2 Å². The van der Waals surface area contributed by atoms with Gasteiger partial charge in [0.05, 0.1) is 5.25 Å². The van der Waals surface area contributed by atoms with Crippen molar-refractivity contribution >= 4 is 22.7 Å². The van der Waals surface area contributed by atoms with Crippen molar-refractivity contribution in [1.29, 1.82) is 0 Å². The van der Waals surface area contributed by atoms with E-state index >= 15 is 0 Å². The monoisotopic (exact) mass is 268 g/mol. The number of hydrogen-bond acceptors (Lipinski definition) is 1. The van der Waals surface area contributed by atoms with E-state index in [1.54, 1.807) is 0 Å². The zero-order valence-corrected chi connectivity index (χ0v) is 12.4. The molecule has 0 aromatic carbocycles. The van der Waals surface area contributed by atoms with E-state index in [-0.39, 0.29) is 5.25 Å². The fourth-order valence-electron chi connectivity index (χ4n) is 2.04. The van der Waals surface area contributed by atoms with E-state index in [0.29, 0.717) is 23.6 Å². The molecule has 0 fully saturated rings. The topological polar surface area (TPSA) is 37.3 Å². The zero-order chi connectivity index (χ0) is 12.7. The van der Waals surface area contributed by atoms with E-state index in [1.165, 1.54) is 0 Å². The third kappa shape index (κ3) is 6.21. The summed E-state index contributed by atoms with van der Waals surface area (Å²) >= 11 is 4.28. The van der Waals surface area contributed by atoms with E-state index in [0.717, 1.165) is 19.3 Å². The van der Waals surface area contributed by atoms with Gasteiger partial charge in [0, 0.05) is 5.88 Å². The van der Waals surface area contributed by atoms with Crippen LogP contribution in [0.5, 0.6) is 0 Å². The lowest BCUT2D eigenvalue weighted by Crippen LogP contribution is -2.20. The van der Waals surface area contributed by atoms with Crippen molar-refractivity contribution in [2.45, 2.75) is 52.2 Å². The minimum absolute atomic E-state index is 0.136. The minimum atomic E-state index is -1.69. The molecule has 0 heterocycles. The average molecular weight is 269 g/mol. The third-order valence-electron chi connectivity index (χ3n) is 3.43. The van der Waals surface area contributed by atoms with E-state index < -0.39 is 11.1 Å². The third-order valence-corrected chi connectivity index (χ3v) is 4.71. The predicted molar refractivity (Wildman–Crippen MR) is 72.3 cm³/mol. The fourth-order valence-corrected chi connectivity index (χ4v) is 2.97. The minimum Gasteiger partial charge on any atom is -0.306 e. The molecule has 0 saturated heterocycles. The standard InChI is InChI=1S/C12H25ClO2S/c1-5-10(3)12(8-13)7-9(2)6-11(4)16(14)15/h9-12H,5-8H2,1-4H3,(H,14,15). The lowest BCUT2D eigenvalue weighted by Gasteiger charge is -2.24. The summed E-state index contributed by atoms with van der Waals surface area (Å²) in [6, 6.07) is 0. The van der Waals surface area contributed by atoms with Gasteiger partial charge in [-0.3, -0.25) is 0 Å². The van der Waals surface area contributed by atoms with E-state index in [9.17, 15) is 4.21 Å². The SMILES string of the molecule is CCC(C)C(CCl)CC(C)CC(C)S(=O)O. The van der Waals surface area contributed by atoms with E-state index in [1.807, 2.05) is 6.92 Å². The average Bonchev–Trinajstić information content (AvgIpc) is 2.24. The Labute approximate surface area is 107 Å². The van der Waals surface area contributed by atoms with Gasteiger partial charge in [0.15, 0.2) is 11.1 Å². The van der Waals surface area contributed by atoms with Crippen molar-refractivity contribution in [1.82, 2.24) is 0 Å². The van der Waals surface area contributed by atoms with Gasteiger partial charge in [-0.25, -0.2) is 4.21 Å². The first-order chi connectivity index (χ1) is 7.42. The summed E-state index contributed by atoms with van der Waals surface area (Å²) in [6.07, 6.45) is 3.00. The van der Waals surface area contributed by atoms with Gasteiger partial charge in [0.2, 0.25) is 0 Å². The van der Waals surface area contributed by atoms with Crippen molar-refractivity contribution in [3.8, 4) is 0 Å². The Morgan fingerprint density at radius 3 is 2.19 bits per heavy atom. The van der Waals surface area contributed by atoms with Gasteiger partial charge < -0.3 is 4.55 Å². The molecule has 0 aromatic rings. The smallest absolute Gasteiger partial charge is 0.155 e. The maximum Gasteiger partial charge on any atom is 0.155 e. The van der Waals surface area contributed by atoms with Gasteiger partial charge in [0.1, 0.15) is 0 Å². The summed E-state index contributed by atoms with van der Waals surface area (Å²) in [7, 11) is 0. The Bertz CT molecular complexity index is 211. The Hall–Kier alpha value is 0.400. The molecule has 0 aliphatic carbocycles. The van der Waals surface area contributed by atoms with Gasteiger partial charge in [0.25, 0.3) is 0 Å². The van der Waals surface area contributed by atoms with Crippen molar-refractivity contribution in [2.24, 2.45) is 17.8 Å². The van der Waals surface area contributed by atoms with Crippen LogP contribution in [-0.2, 0) is 11.1 Å². The van der Waals surface area contributed by atoms with Crippen molar-refractivity contribution in [2.75, 3.05) is 5.88 Å². The van der Waals surface area contributed by atoms with E-state index in [4.69, 9.17) is 16.2 Å². The zero-order valence-electron chi connectivity index (χ0n) is 10.8. The fraction of sp³-hybridized carbons (Fsp3) is 1.00. The largest absolute Gasteiger partial charge is 0.306 e. The molecule has 1 N–H and O–H groups in total. The highest BCUT2D eigenvalue weighted by Crippen LogP contribution is 2.26. The Balaban J connectivity index is 4.10. The number of rotatable bonds is 8. The number of halogens is 1. The number of hydrogen-bond donors (Lipinski definition) is 1. The lowest BCUT2D eigenvalue weighted by molar-refractivity contribution is 0.301. The van der Waals surface area contributed by atoms with Crippen LogP contribution in [0, 0.1) is 17.8 Å². The Morgan fingerprint density at radius 1 is 1.25 bits per heavy atom. The Morgan fingerprint density at radius 2 is 1.81 bits per heavy atom. The summed E-state index contributed by atoms with van der Waals surface area (Å²) in [5.74, 6) is 2.32. The lowest BCUT2D eigenvalue weighted by atomic mass is 9.84. The molecule has 98 valence electrons. The van der Waals surface area contributed by atoms with Crippen LogP contribution in [0.1, 0.15) is 47.0 Å². The maximum atomic E-state index is 10.9. The van der Waals surface area contributed by atoms with Crippen molar-refractivity contribution < 1.29 is 8.76 Å². The van der Waals surface area contributed by atoms with Crippen molar-refractivity contribution in [3.05, 3.63) is 0 Å². The van der Waals surface area contributed by atoms with Crippen LogP contribution in [0.3, 0.4) is 0 Å². The van der Waals surface area contributed by atoms with Gasteiger partial charge in [-0.2, -0.15) is 0 Å². The Kier molecular flexibility index (Phi) is 8.70. The summed E-state index contributed by atoms with van der Waals surface area (Å²) in [4.78, 5) is 0. The second-order valence-electron chi connectivity index (χ2n) is 4.96. The maximum absolute atomic E-state index is 10.9. The molecule has 16 heavy (non-hydrogen) atoms. The molecule has 0 radical (unpaired) electrons. The molecule has 0 saturated carbocycles. The highest BCUT2D eigenvalue weighted by molar-refractivity contribution is 7.79. The second kappa shape index (κ2) is 8.48. The van der Waals surface area contributed by atoms with Gasteiger partial charge >= 0.3 is 0 Å². The molecular formula is C12H25ClO2S. The summed E-state index contributed by atoms with van der Waals surface area (Å²) < 4.78 is 19.8. The normalized spacial score (nSPS) is 21.1. The molecule has 0 aromatic heterocycles. The van der Waals surface area contributed by atoms with E-state index in [2.05, 4.69) is 20.8 Å². The van der Waals surface area contributed by atoms with Crippen LogP contribution in [0.15, 0.2) is 0 Å². The van der Waals surface area contributed by atoms with Crippen LogP contribution in [-0.4, -0.2) is 19.9 Å². The van der Waals surface area contributed by atoms with Crippen LogP contribution < -0.4 is 0 Å². The first kappa shape index (κ1) is 16.4. The molecule has 5 atom stereocenters. The van der Waals surface area contributed by atoms with Gasteiger partial charge in [-0.15, -0.1) is 11.6 Å². The number of alkyl halides is 1. The first-order valence-electron chi connectivity index (χ1n) is 6.07. The molecule has 0 amide bonds. The molecule has 0 spiro atoms. The van der Waals surface area contributed by atoms with Crippen molar-refractivity contribution in [3.63, 3.8) is 0 Å². The molecule has 4 heteroatoms. The predicted octanol–water partition coefficient (Wildman–Crippen LogP) is 3.91. The summed E-state index contributed by atoms with van der Waals surface area (Å²) in [5.41, 5.74) is 0. The van der Waals surface area contributed by atoms with Gasteiger partial charge in [-0.05, 0) is 37.5 Å². The first-order valence-corrected chi connectivity index (χ1v) is 7.78. The molecule has 0 aliphatic rings.